The summed E-state index contributed by atoms with van der Waals surface area (Å²) in [7, 11) is 0. The van der Waals surface area contributed by atoms with Crippen molar-refractivity contribution < 1.29 is 0 Å². The number of aromatic nitrogens is 4. The van der Waals surface area contributed by atoms with E-state index in [1.165, 1.54) is 0 Å². The number of benzene rings is 1. The highest BCUT2D eigenvalue weighted by atomic mass is 35.5. The summed E-state index contributed by atoms with van der Waals surface area (Å²) in [5.41, 5.74) is 3.09. The molecule has 1 aliphatic heterocycles. The molecule has 30 heavy (non-hydrogen) atoms. The number of likely N-dealkylation sites (tertiary alicyclic amines) is 1. The van der Waals surface area contributed by atoms with E-state index in [2.05, 4.69) is 34.3 Å². The third kappa shape index (κ3) is 4.19. The van der Waals surface area contributed by atoms with Crippen LogP contribution in [0.2, 0.25) is 5.02 Å². The molecule has 8 heteroatoms. The molecule has 4 heterocycles. The first kappa shape index (κ1) is 19.5. The van der Waals surface area contributed by atoms with Crippen molar-refractivity contribution in [1.29, 1.82) is 0 Å². The minimum atomic E-state index is 0.413. The zero-order valence-electron chi connectivity index (χ0n) is 16.7. The number of anilines is 1. The Morgan fingerprint density at radius 2 is 2.07 bits per heavy atom. The first-order valence-electron chi connectivity index (χ1n) is 10.1. The highest BCUT2D eigenvalue weighted by Crippen LogP contribution is 2.28. The average Bonchev–Trinajstić information content (AvgIpc) is 3.30. The predicted octanol–water partition coefficient (Wildman–Crippen LogP) is 4.83. The first-order valence-corrected chi connectivity index (χ1v) is 11.3. The Balaban J connectivity index is 1.22. The van der Waals surface area contributed by atoms with E-state index in [0.29, 0.717) is 12.0 Å². The van der Waals surface area contributed by atoms with Crippen LogP contribution in [0.1, 0.15) is 19.0 Å². The van der Waals surface area contributed by atoms with Crippen molar-refractivity contribution in [2.24, 2.45) is 5.92 Å². The van der Waals surface area contributed by atoms with E-state index < -0.39 is 0 Å². The molecule has 0 saturated carbocycles. The predicted molar refractivity (Wildman–Crippen MR) is 122 cm³/mol. The molecule has 1 aliphatic rings. The van der Waals surface area contributed by atoms with Gasteiger partial charge in [-0.15, -0.1) is 5.10 Å². The van der Waals surface area contributed by atoms with Gasteiger partial charge >= 0.3 is 0 Å². The summed E-state index contributed by atoms with van der Waals surface area (Å²) >= 11 is 7.58. The summed E-state index contributed by atoms with van der Waals surface area (Å²) in [5, 5.41) is 10.0. The Morgan fingerprint density at radius 1 is 1.20 bits per heavy atom. The largest absolute Gasteiger partial charge is 0.357 e. The molecule has 0 aliphatic carbocycles. The van der Waals surface area contributed by atoms with Gasteiger partial charge in [-0.1, -0.05) is 48.1 Å². The molecule has 1 aromatic carbocycles. The number of hydrogen-bond acceptors (Lipinski definition) is 6. The third-order valence-corrected chi connectivity index (χ3v) is 6.70. The maximum atomic E-state index is 5.98. The van der Waals surface area contributed by atoms with Crippen molar-refractivity contribution >= 4 is 33.0 Å². The maximum Gasteiger partial charge on any atom is 0.214 e. The molecule has 3 aromatic heterocycles. The second-order valence-electron chi connectivity index (χ2n) is 7.84. The molecule has 0 amide bonds. The minimum Gasteiger partial charge on any atom is -0.357 e. The molecule has 1 fully saturated rings. The van der Waals surface area contributed by atoms with Gasteiger partial charge in [-0.3, -0.25) is 9.88 Å². The number of nitrogens with one attached hydrogen (secondary N) is 1. The van der Waals surface area contributed by atoms with Crippen LogP contribution in [0, 0.1) is 5.92 Å². The van der Waals surface area contributed by atoms with E-state index >= 15 is 0 Å². The van der Waals surface area contributed by atoms with Gasteiger partial charge < -0.3 is 5.32 Å². The quantitative estimate of drug-likeness (QED) is 0.483. The number of piperidine rings is 1. The van der Waals surface area contributed by atoms with Crippen molar-refractivity contribution in [3.63, 3.8) is 0 Å². The van der Waals surface area contributed by atoms with Gasteiger partial charge in [0.2, 0.25) is 10.1 Å². The van der Waals surface area contributed by atoms with Gasteiger partial charge in [0.25, 0.3) is 0 Å². The van der Waals surface area contributed by atoms with Crippen molar-refractivity contribution in [2.45, 2.75) is 25.9 Å². The number of halogens is 1. The number of nitrogens with zero attached hydrogens (tertiary/aromatic N) is 5. The van der Waals surface area contributed by atoms with E-state index in [4.69, 9.17) is 21.7 Å². The molecule has 1 N–H and O–H groups in total. The number of imidazole rings is 1. The number of pyridine rings is 1. The average molecular weight is 439 g/mol. The molecule has 1 saturated heterocycles. The Labute approximate surface area is 184 Å². The molecule has 0 spiro atoms. The summed E-state index contributed by atoms with van der Waals surface area (Å²) in [4.78, 5) is 12.6. The van der Waals surface area contributed by atoms with Gasteiger partial charge in [-0.25, -0.2) is 9.50 Å². The van der Waals surface area contributed by atoms with Gasteiger partial charge in [-0.2, -0.15) is 0 Å². The molecule has 0 radical (unpaired) electrons. The normalized spacial score (nSPS) is 19.9. The molecule has 2 unspecified atom stereocenters. The van der Waals surface area contributed by atoms with Crippen molar-refractivity contribution in [1.82, 2.24) is 24.5 Å². The molecule has 6 nitrogen and oxygen atoms in total. The SMILES string of the molecule is CC1CN(Cc2ccccn2)CCC1Nc1nn2cc(-c3ccc(Cl)cc3)nc2s1. The van der Waals surface area contributed by atoms with Crippen LogP contribution in [0.25, 0.3) is 16.2 Å². The second kappa shape index (κ2) is 8.34. The standard InChI is InChI=1S/C22H23ClN6S/c1-15-12-28(13-18-4-2-3-10-24-18)11-9-19(15)25-21-27-29-14-20(26-22(29)30-21)16-5-7-17(23)8-6-16/h2-8,10,14-15,19H,9,11-13H2,1H3,(H,25,27). The fourth-order valence-electron chi connectivity index (χ4n) is 3.99. The lowest BCUT2D eigenvalue weighted by Gasteiger charge is -2.37. The van der Waals surface area contributed by atoms with Crippen molar-refractivity contribution in [3.8, 4) is 11.3 Å². The number of hydrogen-bond donors (Lipinski definition) is 1. The Kier molecular flexibility index (Phi) is 5.41. The zero-order valence-corrected chi connectivity index (χ0v) is 18.3. The van der Waals surface area contributed by atoms with E-state index in [9.17, 15) is 0 Å². The lowest BCUT2D eigenvalue weighted by molar-refractivity contribution is 0.163. The van der Waals surface area contributed by atoms with Gasteiger partial charge in [0.1, 0.15) is 0 Å². The summed E-state index contributed by atoms with van der Waals surface area (Å²) in [6.07, 6.45) is 4.93. The van der Waals surface area contributed by atoms with Crippen LogP contribution in [0.5, 0.6) is 0 Å². The topological polar surface area (TPSA) is 58.4 Å². The van der Waals surface area contributed by atoms with Crippen LogP contribution < -0.4 is 5.32 Å². The summed E-state index contributed by atoms with van der Waals surface area (Å²) < 4.78 is 1.86. The Bertz CT molecular complexity index is 1090. The summed E-state index contributed by atoms with van der Waals surface area (Å²) in [6, 6.07) is 14.2. The van der Waals surface area contributed by atoms with Crippen LogP contribution in [-0.4, -0.2) is 43.6 Å². The van der Waals surface area contributed by atoms with Crippen molar-refractivity contribution in [3.05, 3.63) is 65.6 Å². The van der Waals surface area contributed by atoms with Crippen LogP contribution in [0.15, 0.2) is 54.9 Å². The Hall–Kier alpha value is -2.48. The number of rotatable bonds is 5. The number of fused-ring (bicyclic) bond motifs is 1. The first-order chi connectivity index (χ1) is 14.6. The van der Waals surface area contributed by atoms with Crippen LogP contribution in [-0.2, 0) is 6.54 Å². The molecule has 4 aromatic rings. The van der Waals surface area contributed by atoms with Gasteiger partial charge in [0, 0.05) is 42.5 Å². The highest BCUT2D eigenvalue weighted by Gasteiger charge is 2.27. The molecular formula is C22H23ClN6S. The smallest absolute Gasteiger partial charge is 0.214 e. The van der Waals surface area contributed by atoms with E-state index in [1.54, 1.807) is 11.3 Å². The van der Waals surface area contributed by atoms with E-state index in [0.717, 1.165) is 58.1 Å². The van der Waals surface area contributed by atoms with Crippen molar-refractivity contribution in [2.75, 3.05) is 18.4 Å². The third-order valence-electron chi connectivity index (χ3n) is 5.59. The highest BCUT2D eigenvalue weighted by molar-refractivity contribution is 7.20. The molecule has 5 rings (SSSR count). The lowest BCUT2D eigenvalue weighted by Crippen LogP contribution is -2.44. The van der Waals surface area contributed by atoms with Gasteiger partial charge in [0.15, 0.2) is 0 Å². The zero-order chi connectivity index (χ0) is 20.5. The monoisotopic (exact) mass is 438 g/mol. The van der Waals surface area contributed by atoms with Gasteiger partial charge in [0.05, 0.1) is 17.6 Å². The summed E-state index contributed by atoms with van der Waals surface area (Å²) in [5.74, 6) is 0.531. The maximum absolute atomic E-state index is 5.98. The molecular weight excluding hydrogens is 416 g/mol. The van der Waals surface area contributed by atoms with Crippen LogP contribution in [0.3, 0.4) is 0 Å². The summed E-state index contributed by atoms with van der Waals surface area (Å²) in [6.45, 7) is 5.33. The van der Waals surface area contributed by atoms with Crippen LogP contribution >= 0.6 is 22.9 Å². The fraction of sp³-hybridized carbons (Fsp3) is 0.318. The fourth-order valence-corrected chi connectivity index (χ4v) is 4.96. The molecule has 2 atom stereocenters. The Morgan fingerprint density at radius 3 is 2.80 bits per heavy atom. The molecule has 154 valence electrons. The lowest BCUT2D eigenvalue weighted by atomic mass is 9.94. The van der Waals surface area contributed by atoms with E-state index in [-0.39, 0.29) is 0 Å². The molecule has 0 bridgehead atoms. The second-order valence-corrected chi connectivity index (χ2v) is 9.23. The minimum absolute atomic E-state index is 0.413. The van der Waals surface area contributed by atoms with Crippen LogP contribution in [0.4, 0.5) is 5.13 Å². The van der Waals surface area contributed by atoms with Gasteiger partial charge in [-0.05, 0) is 36.6 Å². The van der Waals surface area contributed by atoms with E-state index in [1.807, 2.05) is 47.2 Å².